The highest BCUT2D eigenvalue weighted by atomic mass is 16.3. The van der Waals surface area contributed by atoms with E-state index in [-0.39, 0.29) is 11.7 Å². The van der Waals surface area contributed by atoms with Crippen molar-refractivity contribution in [1.29, 1.82) is 0 Å². The molecule has 3 rings (SSSR count). The molecule has 1 aromatic carbocycles. The molecule has 0 aliphatic rings. The van der Waals surface area contributed by atoms with Gasteiger partial charge in [-0.3, -0.25) is 4.40 Å². The molecule has 0 aliphatic heterocycles. The van der Waals surface area contributed by atoms with Gasteiger partial charge >= 0.3 is 0 Å². The van der Waals surface area contributed by atoms with Gasteiger partial charge in [-0.05, 0) is 37.1 Å². The van der Waals surface area contributed by atoms with Crippen molar-refractivity contribution < 1.29 is 5.11 Å². The summed E-state index contributed by atoms with van der Waals surface area (Å²) in [5.74, 6) is 0.980. The summed E-state index contributed by atoms with van der Waals surface area (Å²) in [6.07, 6.45) is 1.83. The molecule has 5 nitrogen and oxygen atoms in total. The van der Waals surface area contributed by atoms with Crippen LogP contribution in [0.25, 0.3) is 5.65 Å². The second kappa shape index (κ2) is 5.60. The maximum Gasteiger partial charge on any atom is 0.183 e. The lowest BCUT2D eigenvalue weighted by Gasteiger charge is -2.01. The first-order valence-electron chi connectivity index (χ1n) is 7.24. The predicted molar refractivity (Wildman–Crippen MR) is 86.3 cm³/mol. The van der Waals surface area contributed by atoms with Crippen LogP contribution < -0.4 is 0 Å². The summed E-state index contributed by atoms with van der Waals surface area (Å²) in [5, 5.41) is 18.6. The quantitative estimate of drug-likeness (QED) is 0.699. The lowest BCUT2D eigenvalue weighted by atomic mass is 10.1. The predicted octanol–water partition coefficient (Wildman–Crippen LogP) is 4.89. The fourth-order valence-electron chi connectivity index (χ4n) is 2.26. The Bertz CT molecular complexity index is 832. The molecule has 0 fully saturated rings. The number of pyridine rings is 1. The third-order valence-electron chi connectivity index (χ3n) is 3.47. The molecule has 0 unspecified atom stereocenters. The Morgan fingerprint density at radius 2 is 1.82 bits per heavy atom. The second-order valence-corrected chi connectivity index (χ2v) is 5.60. The zero-order chi connectivity index (χ0) is 15.7. The zero-order valence-corrected chi connectivity index (χ0v) is 12.9. The van der Waals surface area contributed by atoms with Gasteiger partial charge in [-0.15, -0.1) is 10.2 Å². The van der Waals surface area contributed by atoms with Crippen LogP contribution in [0.15, 0.2) is 52.8 Å². The summed E-state index contributed by atoms with van der Waals surface area (Å²) in [6, 6.07) is 11.2. The van der Waals surface area contributed by atoms with Gasteiger partial charge in [0.25, 0.3) is 0 Å². The van der Waals surface area contributed by atoms with Crippen molar-refractivity contribution in [2.24, 2.45) is 10.2 Å². The Labute approximate surface area is 129 Å². The molecule has 0 amide bonds. The summed E-state index contributed by atoms with van der Waals surface area (Å²) >= 11 is 0. The fraction of sp³-hybridized carbons (Fsp3) is 0.235. The van der Waals surface area contributed by atoms with Crippen molar-refractivity contribution in [2.75, 3.05) is 0 Å². The van der Waals surface area contributed by atoms with E-state index >= 15 is 0 Å². The molecule has 0 saturated heterocycles. The molecule has 112 valence electrons. The van der Waals surface area contributed by atoms with Crippen LogP contribution in [0.5, 0.6) is 5.75 Å². The van der Waals surface area contributed by atoms with Crippen molar-refractivity contribution >= 4 is 17.2 Å². The van der Waals surface area contributed by atoms with Gasteiger partial charge in [0.15, 0.2) is 17.2 Å². The van der Waals surface area contributed by atoms with Gasteiger partial charge in [-0.2, -0.15) is 0 Å². The lowest BCUT2D eigenvalue weighted by Crippen LogP contribution is -1.87. The standard InChI is InChI=1S/C17H18N4O/c1-11(2)15-17(20-19-13-8-6-12(3)7-9-13)21-10-4-5-14(22)16(21)18-15/h4-11,22H,1-3H3. The molecule has 22 heavy (non-hydrogen) atoms. The molecule has 0 saturated carbocycles. The lowest BCUT2D eigenvalue weighted by molar-refractivity contribution is 0.477. The summed E-state index contributed by atoms with van der Waals surface area (Å²) < 4.78 is 1.77. The monoisotopic (exact) mass is 294 g/mol. The van der Waals surface area contributed by atoms with E-state index in [1.807, 2.05) is 51.2 Å². The number of aryl methyl sites for hydroxylation is 1. The number of fused-ring (bicyclic) bond motifs is 1. The summed E-state index contributed by atoms with van der Waals surface area (Å²) in [4.78, 5) is 4.50. The van der Waals surface area contributed by atoms with E-state index in [4.69, 9.17) is 0 Å². The van der Waals surface area contributed by atoms with E-state index in [2.05, 4.69) is 15.2 Å². The van der Waals surface area contributed by atoms with Crippen LogP contribution >= 0.6 is 0 Å². The number of aromatic hydroxyl groups is 1. The van der Waals surface area contributed by atoms with Crippen LogP contribution in [-0.4, -0.2) is 14.5 Å². The number of hydrogen-bond acceptors (Lipinski definition) is 4. The van der Waals surface area contributed by atoms with Crippen LogP contribution in [0.1, 0.15) is 31.0 Å². The minimum Gasteiger partial charge on any atom is -0.504 e. The molecule has 0 aliphatic carbocycles. The first-order chi connectivity index (χ1) is 10.6. The average molecular weight is 294 g/mol. The molecule has 0 radical (unpaired) electrons. The molecule has 5 heteroatoms. The van der Waals surface area contributed by atoms with E-state index in [0.717, 1.165) is 11.4 Å². The van der Waals surface area contributed by atoms with E-state index in [1.165, 1.54) is 5.56 Å². The van der Waals surface area contributed by atoms with Crippen molar-refractivity contribution in [3.05, 3.63) is 53.9 Å². The number of azo groups is 1. The Balaban J connectivity index is 2.10. The molecule has 0 atom stereocenters. The van der Waals surface area contributed by atoms with Crippen molar-refractivity contribution in [3.63, 3.8) is 0 Å². The summed E-state index contributed by atoms with van der Waals surface area (Å²) in [7, 11) is 0. The summed E-state index contributed by atoms with van der Waals surface area (Å²) in [5.41, 5.74) is 3.29. The van der Waals surface area contributed by atoms with Gasteiger partial charge in [-0.25, -0.2) is 4.98 Å². The largest absolute Gasteiger partial charge is 0.504 e. The topological polar surface area (TPSA) is 62.2 Å². The van der Waals surface area contributed by atoms with Gasteiger partial charge in [0, 0.05) is 6.20 Å². The fourth-order valence-corrected chi connectivity index (χ4v) is 2.26. The third-order valence-corrected chi connectivity index (χ3v) is 3.47. The molecule has 1 N–H and O–H groups in total. The van der Waals surface area contributed by atoms with Gasteiger partial charge in [-0.1, -0.05) is 31.5 Å². The van der Waals surface area contributed by atoms with Gasteiger partial charge in [0.1, 0.15) is 0 Å². The first-order valence-corrected chi connectivity index (χ1v) is 7.24. The highest BCUT2D eigenvalue weighted by Gasteiger charge is 2.16. The number of benzene rings is 1. The minimum atomic E-state index is 0.140. The Kier molecular flexibility index (Phi) is 3.63. The average Bonchev–Trinajstić information content (AvgIpc) is 2.87. The van der Waals surface area contributed by atoms with E-state index in [9.17, 15) is 5.11 Å². The van der Waals surface area contributed by atoms with Crippen LogP contribution in [-0.2, 0) is 0 Å². The second-order valence-electron chi connectivity index (χ2n) is 5.60. The Morgan fingerprint density at radius 1 is 1.09 bits per heavy atom. The maximum absolute atomic E-state index is 9.95. The molecule has 2 aromatic heterocycles. The molecular weight excluding hydrogens is 276 g/mol. The van der Waals surface area contributed by atoms with Crippen LogP contribution in [0.2, 0.25) is 0 Å². The summed E-state index contributed by atoms with van der Waals surface area (Å²) in [6.45, 7) is 6.12. The minimum absolute atomic E-state index is 0.140. The normalized spacial score (nSPS) is 11.8. The van der Waals surface area contributed by atoms with E-state index in [1.54, 1.807) is 16.5 Å². The molecule has 2 heterocycles. The van der Waals surface area contributed by atoms with Gasteiger partial charge in [0.05, 0.1) is 11.4 Å². The number of nitrogens with zero attached hydrogens (tertiary/aromatic N) is 4. The Morgan fingerprint density at radius 3 is 2.50 bits per heavy atom. The number of aromatic nitrogens is 2. The first kappa shape index (κ1) is 14.3. The third kappa shape index (κ3) is 2.57. The van der Waals surface area contributed by atoms with Crippen molar-refractivity contribution in [1.82, 2.24) is 9.38 Å². The van der Waals surface area contributed by atoms with Crippen molar-refractivity contribution in [3.8, 4) is 5.75 Å². The number of imidazole rings is 1. The van der Waals surface area contributed by atoms with Crippen LogP contribution in [0.3, 0.4) is 0 Å². The Hall–Kier alpha value is -2.69. The van der Waals surface area contributed by atoms with Crippen molar-refractivity contribution in [2.45, 2.75) is 26.7 Å². The highest BCUT2D eigenvalue weighted by molar-refractivity contribution is 5.60. The molecule has 0 spiro atoms. The highest BCUT2D eigenvalue weighted by Crippen LogP contribution is 2.32. The molecule has 3 aromatic rings. The van der Waals surface area contributed by atoms with Crippen LogP contribution in [0, 0.1) is 6.92 Å². The van der Waals surface area contributed by atoms with Crippen LogP contribution in [0.4, 0.5) is 11.5 Å². The van der Waals surface area contributed by atoms with E-state index in [0.29, 0.717) is 11.5 Å². The van der Waals surface area contributed by atoms with E-state index < -0.39 is 0 Å². The van der Waals surface area contributed by atoms with Gasteiger partial charge in [0.2, 0.25) is 0 Å². The molecule has 0 bridgehead atoms. The number of hydrogen-bond donors (Lipinski definition) is 1. The number of rotatable bonds is 3. The maximum atomic E-state index is 9.95. The SMILES string of the molecule is Cc1ccc(N=Nc2c(C(C)C)nc3c(O)cccn23)cc1. The zero-order valence-electron chi connectivity index (χ0n) is 12.9. The van der Waals surface area contributed by atoms with Gasteiger partial charge < -0.3 is 5.11 Å². The smallest absolute Gasteiger partial charge is 0.183 e. The molecular formula is C17H18N4O.